The quantitative estimate of drug-likeness (QED) is 0.626. The Labute approximate surface area is 119 Å². The summed E-state index contributed by atoms with van der Waals surface area (Å²) in [5.41, 5.74) is 0.628. The maximum Gasteiger partial charge on any atom is 0.240 e. The molecule has 0 fully saturated rings. The summed E-state index contributed by atoms with van der Waals surface area (Å²) in [6.07, 6.45) is 0.715. The highest BCUT2D eigenvalue weighted by molar-refractivity contribution is 7.89. The topological polar surface area (TPSA) is 118 Å². The van der Waals surface area contributed by atoms with Gasteiger partial charge >= 0.3 is 0 Å². The van der Waals surface area contributed by atoms with E-state index in [1.54, 1.807) is 12.1 Å². The van der Waals surface area contributed by atoms with Crippen molar-refractivity contribution in [2.24, 2.45) is 5.14 Å². The van der Waals surface area contributed by atoms with Crippen molar-refractivity contribution in [3.8, 4) is 0 Å². The third-order valence-corrected chi connectivity index (χ3v) is 4.67. The van der Waals surface area contributed by atoms with Crippen molar-refractivity contribution in [2.45, 2.75) is 18.2 Å². The highest BCUT2D eigenvalue weighted by Gasteiger charge is 2.12. The van der Waals surface area contributed by atoms with Crippen LogP contribution in [-0.2, 0) is 20.0 Å². The zero-order chi connectivity index (χ0) is 15.2. The Morgan fingerprint density at radius 2 is 1.65 bits per heavy atom. The summed E-state index contributed by atoms with van der Waals surface area (Å²) in [7, 11) is -6.98. The lowest BCUT2D eigenvalue weighted by Gasteiger charge is -2.08. The molecule has 0 unspecified atom stereocenters. The molecule has 0 aromatic heterocycles. The normalized spacial score (nSPS) is 12.3. The van der Waals surface area contributed by atoms with Gasteiger partial charge in [0.05, 0.1) is 10.6 Å². The number of hydrogen-bond donors (Lipinski definition) is 3. The smallest absolute Gasteiger partial charge is 0.240 e. The molecule has 1 aromatic rings. The fraction of sp³-hybridized carbons (Fsp3) is 0.455. The summed E-state index contributed by atoms with van der Waals surface area (Å²) in [5.74, 6) is -0.189. The number of nitrogens with one attached hydrogen (secondary N) is 2. The third-order valence-electron chi connectivity index (χ3n) is 2.42. The van der Waals surface area contributed by atoms with E-state index in [1.807, 2.05) is 6.92 Å². The highest BCUT2D eigenvalue weighted by atomic mass is 32.2. The number of benzene rings is 1. The fourth-order valence-electron chi connectivity index (χ4n) is 1.41. The molecule has 0 aliphatic heterocycles. The van der Waals surface area contributed by atoms with E-state index in [2.05, 4.69) is 10.0 Å². The molecule has 0 amide bonds. The van der Waals surface area contributed by atoms with Crippen LogP contribution in [-0.4, -0.2) is 35.7 Å². The molecular formula is C11H19N3O4S2. The van der Waals surface area contributed by atoms with Crippen LogP contribution in [0.1, 0.15) is 13.3 Å². The van der Waals surface area contributed by atoms with Crippen LogP contribution < -0.4 is 15.2 Å². The molecule has 9 heteroatoms. The van der Waals surface area contributed by atoms with Crippen LogP contribution in [0.25, 0.3) is 0 Å². The second-order valence-corrected chi connectivity index (χ2v) is 7.72. The molecule has 4 N–H and O–H groups in total. The van der Waals surface area contributed by atoms with Gasteiger partial charge in [0.15, 0.2) is 0 Å². The van der Waals surface area contributed by atoms with Gasteiger partial charge in [0, 0.05) is 18.8 Å². The van der Waals surface area contributed by atoms with Crippen LogP contribution in [0.5, 0.6) is 0 Å². The summed E-state index contributed by atoms with van der Waals surface area (Å²) in [5, 5.41) is 7.72. The first-order valence-electron chi connectivity index (χ1n) is 6.08. The Balaban J connectivity index is 2.65. The molecule has 0 aliphatic rings. The first-order chi connectivity index (χ1) is 9.24. The molecule has 1 aromatic carbocycles. The van der Waals surface area contributed by atoms with Crippen LogP contribution >= 0.6 is 0 Å². The van der Waals surface area contributed by atoms with Gasteiger partial charge in [-0.2, -0.15) is 0 Å². The second-order valence-electron chi connectivity index (χ2n) is 4.22. The highest BCUT2D eigenvalue weighted by Crippen LogP contribution is 2.13. The van der Waals surface area contributed by atoms with Crippen molar-refractivity contribution in [2.75, 3.05) is 24.2 Å². The Kier molecular flexibility index (Phi) is 5.93. The lowest BCUT2D eigenvalue weighted by atomic mass is 10.3. The SMILES string of the molecule is CCCNS(=O)(=O)c1ccc(NCCS(N)(=O)=O)cc1. The Morgan fingerprint density at radius 1 is 1.05 bits per heavy atom. The Bertz CT molecular complexity index is 624. The molecule has 20 heavy (non-hydrogen) atoms. The van der Waals surface area contributed by atoms with E-state index in [4.69, 9.17) is 5.14 Å². The van der Waals surface area contributed by atoms with Crippen LogP contribution in [0, 0.1) is 0 Å². The van der Waals surface area contributed by atoms with Gasteiger partial charge in [-0.15, -0.1) is 0 Å². The van der Waals surface area contributed by atoms with E-state index in [0.717, 1.165) is 0 Å². The van der Waals surface area contributed by atoms with Crippen molar-refractivity contribution >= 4 is 25.7 Å². The molecule has 0 saturated heterocycles. The van der Waals surface area contributed by atoms with Crippen molar-refractivity contribution in [1.29, 1.82) is 0 Å². The molecule has 7 nitrogen and oxygen atoms in total. The van der Waals surface area contributed by atoms with Crippen molar-refractivity contribution in [1.82, 2.24) is 4.72 Å². The predicted octanol–water partition coefficient (Wildman–Crippen LogP) is 0.0753. The first-order valence-corrected chi connectivity index (χ1v) is 9.28. The maximum absolute atomic E-state index is 11.8. The van der Waals surface area contributed by atoms with E-state index in [1.165, 1.54) is 12.1 Å². The predicted molar refractivity (Wildman–Crippen MR) is 78.4 cm³/mol. The molecule has 0 bridgehead atoms. The number of hydrogen-bond acceptors (Lipinski definition) is 5. The fourth-order valence-corrected chi connectivity index (χ4v) is 2.93. The standard InChI is InChI=1S/C11H19N3O4S2/c1-2-7-14-20(17,18)11-5-3-10(4-6-11)13-8-9-19(12,15)16/h3-6,13-14H,2,7-9H2,1H3,(H2,12,15,16). The summed E-state index contributed by atoms with van der Waals surface area (Å²) in [4.78, 5) is 0.169. The van der Waals surface area contributed by atoms with Gasteiger partial charge < -0.3 is 5.32 Å². The molecule has 0 atom stereocenters. The van der Waals surface area contributed by atoms with E-state index < -0.39 is 20.0 Å². The Hall–Kier alpha value is -1.16. The van der Waals surface area contributed by atoms with E-state index in [0.29, 0.717) is 18.7 Å². The molecule has 0 radical (unpaired) electrons. The van der Waals surface area contributed by atoms with Gasteiger partial charge in [0.1, 0.15) is 0 Å². The van der Waals surface area contributed by atoms with E-state index >= 15 is 0 Å². The number of sulfonamides is 2. The van der Waals surface area contributed by atoms with Gasteiger partial charge in [0.2, 0.25) is 20.0 Å². The minimum absolute atomic E-state index is 0.166. The first kappa shape index (κ1) is 16.9. The summed E-state index contributed by atoms with van der Waals surface area (Å²) >= 11 is 0. The number of rotatable bonds is 8. The van der Waals surface area contributed by atoms with Crippen molar-refractivity contribution in [3.63, 3.8) is 0 Å². The van der Waals surface area contributed by atoms with Gasteiger partial charge in [0.25, 0.3) is 0 Å². The summed E-state index contributed by atoms with van der Waals surface area (Å²) in [6, 6.07) is 6.06. The second kappa shape index (κ2) is 7.02. The third kappa shape index (κ3) is 5.87. The molecule has 0 saturated carbocycles. The molecule has 1 rings (SSSR count). The molecule has 0 spiro atoms. The number of nitrogens with two attached hydrogens (primary N) is 1. The lowest BCUT2D eigenvalue weighted by molar-refractivity contribution is 0.580. The van der Waals surface area contributed by atoms with Crippen LogP contribution in [0.2, 0.25) is 0 Å². The Morgan fingerprint density at radius 3 is 2.15 bits per heavy atom. The van der Waals surface area contributed by atoms with Crippen LogP contribution in [0.4, 0.5) is 5.69 Å². The van der Waals surface area contributed by atoms with E-state index in [-0.39, 0.29) is 17.2 Å². The number of primary sulfonamides is 1. The molecule has 0 heterocycles. The summed E-state index contributed by atoms with van der Waals surface area (Å²) < 4.78 is 47.6. The monoisotopic (exact) mass is 321 g/mol. The maximum atomic E-state index is 11.8. The van der Waals surface area contributed by atoms with Crippen molar-refractivity contribution in [3.05, 3.63) is 24.3 Å². The van der Waals surface area contributed by atoms with Crippen molar-refractivity contribution < 1.29 is 16.8 Å². The summed E-state index contributed by atoms with van der Waals surface area (Å²) in [6.45, 7) is 2.43. The van der Waals surface area contributed by atoms with Gasteiger partial charge in [-0.3, -0.25) is 0 Å². The largest absolute Gasteiger partial charge is 0.384 e. The minimum atomic E-state index is -3.50. The van der Waals surface area contributed by atoms with Gasteiger partial charge in [-0.25, -0.2) is 26.7 Å². The zero-order valence-corrected chi connectivity index (χ0v) is 12.8. The van der Waals surface area contributed by atoms with Gasteiger partial charge in [-0.1, -0.05) is 6.92 Å². The minimum Gasteiger partial charge on any atom is -0.384 e. The lowest BCUT2D eigenvalue weighted by Crippen LogP contribution is -2.24. The average molecular weight is 321 g/mol. The molecular weight excluding hydrogens is 302 g/mol. The average Bonchev–Trinajstić information content (AvgIpc) is 2.35. The van der Waals surface area contributed by atoms with Crippen LogP contribution in [0.15, 0.2) is 29.2 Å². The molecule has 114 valence electrons. The molecule has 0 aliphatic carbocycles. The van der Waals surface area contributed by atoms with E-state index in [9.17, 15) is 16.8 Å². The van der Waals surface area contributed by atoms with Crippen LogP contribution in [0.3, 0.4) is 0 Å². The zero-order valence-electron chi connectivity index (χ0n) is 11.2. The number of anilines is 1. The van der Waals surface area contributed by atoms with Gasteiger partial charge in [-0.05, 0) is 30.7 Å².